The number of halogens is 3. The van der Waals surface area contributed by atoms with Gasteiger partial charge in [-0.25, -0.2) is 4.90 Å². The number of alkyl halides is 3. The van der Waals surface area contributed by atoms with Gasteiger partial charge in [-0.2, -0.15) is 13.2 Å². The molecule has 2 aliphatic heterocycles. The number of imide groups is 1. The van der Waals surface area contributed by atoms with Crippen molar-refractivity contribution >= 4 is 23.4 Å². The van der Waals surface area contributed by atoms with E-state index in [9.17, 15) is 27.6 Å². The van der Waals surface area contributed by atoms with Gasteiger partial charge >= 0.3 is 6.18 Å². The zero-order chi connectivity index (χ0) is 19.1. The number of likely N-dealkylation sites (tertiary alicyclic amines) is 1. The molecule has 2 heterocycles. The van der Waals surface area contributed by atoms with Crippen molar-refractivity contribution in [2.75, 3.05) is 18.0 Å². The lowest BCUT2D eigenvalue weighted by Gasteiger charge is -2.33. The predicted molar refractivity (Wildman–Crippen MR) is 85.8 cm³/mol. The molecule has 1 atom stereocenters. The fraction of sp³-hybridized carbons (Fsp3) is 0.471. The number of primary amides is 1. The quantitative estimate of drug-likeness (QED) is 0.819. The van der Waals surface area contributed by atoms with Gasteiger partial charge in [-0.05, 0) is 44.1 Å². The molecule has 3 rings (SSSR count). The minimum Gasteiger partial charge on any atom is -0.369 e. The highest BCUT2D eigenvalue weighted by Crippen LogP contribution is 2.34. The first-order valence-electron chi connectivity index (χ1n) is 8.26. The summed E-state index contributed by atoms with van der Waals surface area (Å²) in [5.74, 6) is -1.70. The number of amides is 3. The molecule has 0 aromatic heterocycles. The lowest BCUT2D eigenvalue weighted by molar-refractivity contribution is -0.137. The van der Waals surface area contributed by atoms with Crippen molar-refractivity contribution in [2.45, 2.75) is 31.5 Å². The number of carbonyl (C=O) groups excluding carboxylic acids is 3. The average molecular weight is 369 g/mol. The van der Waals surface area contributed by atoms with Crippen molar-refractivity contribution in [2.24, 2.45) is 11.7 Å². The zero-order valence-corrected chi connectivity index (χ0v) is 13.8. The van der Waals surface area contributed by atoms with Gasteiger partial charge in [-0.15, -0.1) is 0 Å². The van der Waals surface area contributed by atoms with E-state index in [1.807, 2.05) is 0 Å². The van der Waals surface area contributed by atoms with E-state index in [0.29, 0.717) is 25.9 Å². The molecule has 6 nitrogen and oxygen atoms in total. The molecule has 0 bridgehead atoms. The van der Waals surface area contributed by atoms with Gasteiger partial charge < -0.3 is 5.73 Å². The molecule has 1 aromatic carbocycles. The summed E-state index contributed by atoms with van der Waals surface area (Å²) < 4.78 is 38.7. The van der Waals surface area contributed by atoms with E-state index in [-0.39, 0.29) is 23.9 Å². The van der Waals surface area contributed by atoms with Crippen LogP contribution in [0.2, 0.25) is 0 Å². The molecular weight excluding hydrogens is 351 g/mol. The highest BCUT2D eigenvalue weighted by Gasteiger charge is 2.44. The summed E-state index contributed by atoms with van der Waals surface area (Å²) in [4.78, 5) is 38.8. The first kappa shape index (κ1) is 18.4. The fourth-order valence-corrected chi connectivity index (χ4v) is 3.49. The third kappa shape index (κ3) is 3.44. The maximum atomic E-state index is 12.9. The summed E-state index contributed by atoms with van der Waals surface area (Å²) >= 11 is 0. The van der Waals surface area contributed by atoms with E-state index in [4.69, 9.17) is 5.73 Å². The van der Waals surface area contributed by atoms with Crippen molar-refractivity contribution < 1.29 is 27.6 Å². The zero-order valence-electron chi connectivity index (χ0n) is 13.8. The minimum absolute atomic E-state index is 0.0793. The summed E-state index contributed by atoms with van der Waals surface area (Å²) in [5, 5.41) is 0. The Labute approximate surface area is 147 Å². The molecule has 140 valence electrons. The highest BCUT2D eigenvalue weighted by molar-refractivity contribution is 6.22. The van der Waals surface area contributed by atoms with Crippen LogP contribution in [0, 0.1) is 5.92 Å². The Bertz CT molecular complexity index is 742. The molecular formula is C17H18F3N3O3. The first-order valence-corrected chi connectivity index (χ1v) is 8.26. The normalized spacial score (nSPS) is 22.9. The smallest absolute Gasteiger partial charge is 0.369 e. The second-order valence-corrected chi connectivity index (χ2v) is 6.55. The van der Waals surface area contributed by atoms with Crippen LogP contribution in [0.25, 0.3) is 0 Å². The number of hydrogen-bond donors (Lipinski definition) is 1. The van der Waals surface area contributed by atoms with Crippen LogP contribution in [-0.2, 0) is 20.6 Å². The molecule has 0 saturated carbocycles. The Kier molecular flexibility index (Phi) is 4.74. The number of nitrogens with zero attached hydrogens (tertiary/aromatic N) is 2. The largest absolute Gasteiger partial charge is 0.416 e. The van der Waals surface area contributed by atoms with Gasteiger partial charge in [0.25, 0.3) is 5.91 Å². The number of hydrogen-bond acceptors (Lipinski definition) is 4. The van der Waals surface area contributed by atoms with Gasteiger partial charge in [0.1, 0.15) is 0 Å². The molecule has 1 aromatic rings. The number of nitrogens with two attached hydrogens (primary N) is 1. The number of piperidine rings is 1. The van der Waals surface area contributed by atoms with E-state index in [0.717, 1.165) is 17.0 Å². The maximum absolute atomic E-state index is 12.9. The van der Waals surface area contributed by atoms with Crippen LogP contribution in [0.4, 0.5) is 18.9 Å². The lowest BCUT2D eigenvalue weighted by Crippen LogP contribution is -2.47. The van der Waals surface area contributed by atoms with Crippen LogP contribution < -0.4 is 10.6 Å². The van der Waals surface area contributed by atoms with Gasteiger partial charge in [-0.1, -0.05) is 6.07 Å². The second kappa shape index (κ2) is 6.71. The third-order valence-electron chi connectivity index (χ3n) is 4.93. The van der Waals surface area contributed by atoms with Gasteiger partial charge in [-0.3, -0.25) is 19.3 Å². The summed E-state index contributed by atoms with van der Waals surface area (Å²) in [6, 6.07) is 3.46. The van der Waals surface area contributed by atoms with Crippen molar-refractivity contribution in [3.05, 3.63) is 29.8 Å². The van der Waals surface area contributed by atoms with Crippen LogP contribution in [0.15, 0.2) is 24.3 Å². The van der Waals surface area contributed by atoms with Crippen LogP contribution in [0.1, 0.15) is 24.8 Å². The molecule has 1 unspecified atom stereocenters. The predicted octanol–water partition coefficient (Wildman–Crippen LogP) is 1.53. The topological polar surface area (TPSA) is 83.7 Å². The Balaban J connectivity index is 1.77. The van der Waals surface area contributed by atoms with E-state index in [2.05, 4.69) is 0 Å². The first-order chi connectivity index (χ1) is 12.2. The lowest BCUT2D eigenvalue weighted by atomic mass is 9.95. The molecule has 2 N–H and O–H groups in total. The van der Waals surface area contributed by atoms with Crippen LogP contribution in [0.3, 0.4) is 0 Å². The minimum atomic E-state index is -4.56. The van der Waals surface area contributed by atoms with Crippen molar-refractivity contribution in [3.8, 4) is 0 Å². The molecule has 0 radical (unpaired) electrons. The Morgan fingerprint density at radius 1 is 1.15 bits per heavy atom. The summed E-state index contributed by atoms with van der Waals surface area (Å²) in [7, 11) is 0. The molecule has 0 spiro atoms. The molecule has 26 heavy (non-hydrogen) atoms. The monoisotopic (exact) mass is 369 g/mol. The van der Waals surface area contributed by atoms with Crippen molar-refractivity contribution in [1.82, 2.24) is 4.90 Å². The highest BCUT2D eigenvalue weighted by atomic mass is 19.4. The molecule has 2 aliphatic rings. The molecule has 2 saturated heterocycles. The summed E-state index contributed by atoms with van der Waals surface area (Å²) in [5.41, 5.74) is 4.29. The number of anilines is 1. The Hall–Kier alpha value is -2.42. The molecule has 3 amide bonds. The van der Waals surface area contributed by atoms with Crippen LogP contribution >= 0.6 is 0 Å². The number of carbonyl (C=O) groups is 3. The Morgan fingerprint density at radius 3 is 2.38 bits per heavy atom. The van der Waals surface area contributed by atoms with E-state index >= 15 is 0 Å². The van der Waals surface area contributed by atoms with Gasteiger partial charge in [0.05, 0.1) is 23.7 Å². The Morgan fingerprint density at radius 2 is 1.81 bits per heavy atom. The third-order valence-corrected chi connectivity index (χ3v) is 4.93. The average Bonchev–Trinajstić information content (AvgIpc) is 2.89. The van der Waals surface area contributed by atoms with Crippen molar-refractivity contribution in [1.29, 1.82) is 0 Å². The standard InChI is InChI=1S/C17H18F3N3O3/c18-17(19,20)11-2-1-3-12(8-11)23-14(24)9-13(16(23)26)22-6-4-10(5-7-22)15(21)25/h1-3,8,10,13H,4-7,9H2,(H2,21,25). The summed E-state index contributed by atoms with van der Waals surface area (Å²) in [6.07, 6.45) is -3.65. The van der Waals surface area contributed by atoms with E-state index in [1.165, 1.54) is 12.1 Å². The van der Waals surface area contributed by atoms with Gasteiger partial charge in [0.15, 0.2) is 0 Å². The number of rotatable bonds is 3. The van der Waals surface area contributed by atoms with E-state index in [1.54, 1.807) is 4.90 Å². The van der Waals surface area contributed by atoms with Crippen LogP contribution in [-0.4, -0.2) is 41.8 Å². The molecule has 9 heteroatoms. The maximum Gasteiger partial charge on any atom is 0.416 e. The fourth-order valence-electron chi connectivity index (χ4n) is 3.49. The number of benzene rings is 1. The molecule has 0 aliphatic carbocycles. The second-order valence-electron chi connectivity index (χ2n) is 6.55. The SMILES string of the molecule is NC(=O)C1CCN(C2CC(=O)N(c3cccc(C(F)(F)F)c3)C2=O)CC1. The van der Waals surface area contributed by atoms with Crippen molar-refractivity contribution in [3.63, 3.8) is 0 Å². The van der Waals surface area contributed by atoms with Gasteiger partial charge in [0, 0.05) is 5.92 Å². The van der Waals surface area contributed by atoms with E-state index < -0.39 is 29.6 Å². The van der Waals surface area contributed by atoms with Crippen LogP contribution in [0.5, 0.6) is 0 Å². The van der Waals surface area contributed by atoms with Gasteiger partial charge in [0.2, 0.25) is 11.8 Å². The summed E-state index contributed by atoms with van der Waals surface area (Å²) in [6.45, 7) is 0.876. The molecule has 2 fully saturated rings.